The van der Waals surface area contributed by atoms with Gasteiger partial charge in [0.05, 0.1) is 11.2 Å². The standard InChI is InChI=1S/C17H13N3O4/c21-16(15-9-12(20-24-15)10-4-2-1-3-5-10)18-11-6-7-14-13(8-11)19-17(22)23-14/h1-8,15H,9H2,(H,18,21)(H,19,22)/t15-/m1/s1. The molecule has 2 heterocycles. The van der Waals surface area contributed by atoms with E-state index in [2.05, 4.69) is 15.5 Å². The summed E-state index contributed by atoms with van der Waals surface area (Å²) in [7, 11) is 0. The Balaban J connectivity index is 1.46. The predicted octanol–water partition coefficient (Wildman–Crippen LogP) is 2.25. The molecule has 0 bridgehead atoms. The van der Waals surface area contributed by atoms with E-state index in [1.54, 1.807) is 18.2 Å². The minimum atomic E-state index is -0.681. The Morgan fingerprint density at radius 3 is 2.88 bits per heavy atom. The van der Waals surface area contributed by atoms with Gasteiger partial charge in [-0.05, 0) is 23.8 Å². The van der Waals surface area contributed by atoms with Crippen molar-refractivity contribution in [1.29, 1.82) is 0 Å². The van der Waals surface area contributed by atoms with Gasteiger partial charge in [0, 0.05) is 12.1 Å². The van der Waals surface area contributed by atoms with E-state index in [1.165, 1.54) is 0 Å². The fraction of sp³-hybridized carbons (Fsp3) is 0.118. The molecule has 7 nitrogen and oxygen atoms in total. The van der Waals surface area contributed by atoms with Crippen LogP contribution in [0.2, 0.25) is 0 Å². The molecule has 0 spiro atoms. The molecule has 0 unspecified atom stereocenters. The number of H-pyrrole nitrogens is 1. The summed E-state index contributed by atoms with van der Waals surface area (Å²) in [4.78, 5) is 31.3. The van der Waals surface area contributed by atoms with E-state index in [-0.39, 0.29) is 5.91 Å². The van der Waals surface area contributed by atoms with Gasteiger partial charge in [-0.25, -0.2) is 4.79 Å². The highest BCUT2D eigenvalue weighted by molar-refractivity contribution is 6.06. The minimum absolute atomic E-state index is 0.296. The number of fused-ring (bicyclic) bond motifs is 1. The molecule has 0 radical (unpaired) electrons. The van der Waals surface area contributed by atoms with E-state index in [4.69, 9.17) is 9.25 Å². The molecule has 1 amide bonds. The number of anilines is 1. The first kappa shape index (κ1) is 14.3. The quantitative estimate of drug-likeness (QED) is 0.772. The number of amides is 1. The second kappa shape index (κ2) is 5.69. The van der Waals surface area contributed by atoms with E-state index in [0.29, 0.717) is 23.2 Å². The summed E-state index contributed by atoms with van der Waals surface area (Å²) in [6.07, 6.45) is -0.278. The fourth-order valence-electron chi connectivity index (χ4n) is 2.57. The number of nitrogens with zero attached hydrogens (tertiary/aromatic N) is 1. The highest BCUT2D eigenvalue weighted by Gasteiger charge is 2.28. The molecule has 1 atom stereocenters. The zero-order valence-corrected chi connectivity index (χ0v) is 12.5. The van der Waals surface area contributed by atoms with Gasteiger partial charge in [-0.15, -0.1) is 0 Å². The van der Waals surface area contributed by atoms with Gasteiger partial charge in [0.15, 0.2) is 5.58 Å². The van der Waals surface area contributed by atoms with Gasteiger partial charge in [0.25, 0.3) is 5.91 Å². The van der Waals surface area contributed by atoms with Crippen molar-refractivity contribution in [3.63, 3.8) is 0 Å². The summed E-state index contributed by atoms with van der Waals surface area (Å²) in [6.45, 7) is 0. The highest BCUT2D eigenvalue weighted by atomic mass is 16.6. The molecule has 1 aliphatic rings. The first-order valence-electron chi connectivity index (χ1n) is 7.41. The molecule has 2 N–H and O–H groups in total. The van der Waals surface area contributed by atoms with Crippen LogP contribution >= 0.6 is 0 Å². The van der Waals surface area contributed by atoms with Crippen molar-refractivity contribution in [2.75, 3.05) is 5.32 Å². The normalized spacial score (nSPS) is 16.7. The Morgan fingerprint density at radius 2 is 2.04 bits per heavy atom. The monoisotopic (exact) mass is 323 g/mol. The Morgan fingerprint density at radius 1 is 1.21 bits per heavy atom. The van der Waals surface area contributed by atoms with E-state index in [9.17, 15) is 9.59 Å². The third kappa shape index (κ3) is 2.67. The van der Waals surface area contributed by atoms with E-state index in [1.807, 2.05) is 30.3 Å². The van der Waals surface area contributed by atoms with E-state index < -0.39 is 11.9 Å². The van der Waals surface area contributed by atoms with Gasteiger partial charge in [0.1, 0.15) is 0 Å². The summed E-state index contributed by atoms with van der Waals surface area (Å²) in [5.41, 5.74) is 3.17. The van der Waals surface area contributed by atoms with Crippen LogP contribution in [0.1, 0.15) is 12.0 Å². The number of carbonyl (C=O) groups is 1. The zero-order chi connectivity index (χ0) is 16.5. The van der Waals surface area contributed by atoms with Gasteiger partial charge >= 0.3 is 5.76 Å². The lowest BCUT2D eigenvalue weighted by molar-refractivity contribution is -0.125. The number of nitrogens with one attached hydrogen (secondary N) is 2. The molecule has 0 aliphatic carbocycles. The van der Waals surface area contributed by atoms with Gasteiger partial charge in [-0.2, -0.15) is 0 Å². The minimum Gasteiger partial charge on any atom is -0.408 e. The summed E-state index contributed by atoms with van der Waals surface area (Å²) < 4.78 is 4.92. The molecule has 120 valence electrons. The number of oxazole rings is 1. The molecule has 0 saturated carbocycles. The second-order valence-corrected chi connectivity index (χ2v) is 5.42. The highest BCUT2D eigenvalue weighted by Crippen LogP contribution is 2.20. The number of rotatable bonds is 3. The van der Waals surface area contributed by atoms with E-state index >= 15 is 0 Å². The van der Waals surface area contributed by atoms with Crippen LogP contribution in [0.3, 0.4) is 0 Å². The molecule has 0 fully saturated rings. The van der Waals surface area contributed by atoms with Crippen LogP contribution in [0.15, 0.2) is 62.9 Å². The van der Waals surface area contributed by atoms with Gasteiger partial charge in [-0.1, -0.05) is 35.5 Å². The molecule has 24 heavy (non-hydrogen) atoms. The smallest absolute Gasteiger partial charge is 0.408 e. The Hall–Kier alpha value is -3.35. The molecule has 7 heteroatoms. The van der Waals surface area contributed by atoms with Gasteiger partial charge in [-0.3, -0.25) is 9.78 Å². The maximum absolute atomic E-state index is 12.3. The van der Waals surface area contributed by atoms with Crippen LogP contribution in [-0.4, -0.2) is 22.7 Å². The van der Waals surface area contributed by atoms with Crippen molar-refractivity contribution in [2.45, 2.75) is 12.5 Å². The molecular formula is C17H13N3O4. The lowest BCUT2D eigenvalue weighted by Gasteiger charge is -2.09. The lowest BCUT2D eigenvalue weighted by atomic mass is 10.0. The average molecular weight is 323 g/mol. The summed E-state index contributed by atoms with van der Waals surface area (Å²) in [5, 5.41) is 6.75. The fourth-order valence-corrected chi connectivity index (χ4v) is 2.57. The topological polar surface area (TPSA) is 96.7 Å². The SMILES string of the molecule is O=C(Nc1ccc2oc(=O)[nH]c2c1)[C@H]1CC(c2ccccc2)=NO1. The van der Waals surface area contributed by atoms with Crippen LogP contribution in [0, 0.1) is 0 Å². The number of oxime groups is 1. The lowest BCUT2D eigenvalue weighted by Crippen LogP contribution is -2.28. The Labute approximate surface area is 135 Å². The number of aromatic nitrogens is 1. The van der Waals surface area contributed by atoms with Gasteiger partial charge < -0.3 is 14.6 Å². The van der Waals surface area contributed by atoms with Crippen LogP contribution in [0.4, 0.5) is 5.69 Å². The first-order valence-corrected chi connectivity index (χ1v) is 7.41. The van der Waals surface area contributed by atoms with Crippen LogP contribution < -0.4 is 11.1 Å². The largest absolute Gasteiger partial charge is 0.417 e. The summed E-state index contributed by atoms with van der Waals surface area (Å²) in [5.74, 6) is -0.830. The second-order valence-electron chi connectivity index (χ2n) is 5.42. The third-order valence-electron chi connectivity index (χ3n) is 3.75. The van der Waals surface area contributed by atoms with Crippen molar-refractivity contribution in [1.82, 2.24) is 4.98 Å². The number of carbonyl (C=O) groups excluding carboxylic acids is 1. The molecule has 0 saturated heterocycles. The Bertz CT molecular complexity index is 988. The van der Waals surface area contributed by atoms with Crippen molar-refractivity contribution in [2.24, 2.45) is 5.16 Å². The molecule has 4 rings (SSSR count). The molecule has 3 aromatic rings. The van der Waals surface area contributed by atoms with Crippen molar-refractivity contribution in [3.8, 4) is 0 Å². The molecular weight excluding hydrogens is 310 g/mol. The number of hydrogen-bond acceptors (Lipinski definition) is 5. The van der Waals surface area contributed by atoms with Gasteiger partial charge in [0.2, 0.25) is 6.10 Å². The number of hydrogen-bond donors (Lipinski definition) is 2. The maximum Gasteiger partial charge on any atom is 0.417 e. The number of aromatic amines is 1. The molecule has 2 aromatic carbocycles. The predicted molar refractivity (Wildman–Crippen MR) is 87.9 cm³/mol. The summed E-state index contributed by atoms with van der Waals surface area (Å²) in [6, 6.07) is 14.5. The summed E-state index contributed by atoms with van der Waals surface area (Å²) >= 11 is 0. The van der Waals surface area contributed by atoms with Crippen LogP contribution in [0.5, 0.6) is 0 Å². The number of benzene rings is 2. The van der Waals surface area contributed by atoms with Crippen molar-refractivity contribution < 1.29 is 14.0 Å². The van der Waals surface area contributed by atoms with Crippen molar-refractivity contribution >= 4 is 28.4 Å². The third-order valence-corrected chi connectivity index (χ3v) is 3.75. The van der Waals surface area contributed by atoms with E-state index in [0.717, 1.165) is 11.3 Å². The Kier molecular flexibility index (Phi) is 3.38. The van der Waals surface area contributed by atoms with Crippen molar-refractivity contribution in [3.05, 3.63) is 64.6 Å². The average Bonchev–Trinajstić information content (AvgIpc) is 3.21. The molecule has 1 aliphatic heterocycles. The first-order chi connectivity index (χ1) is 11.7. The van der Waals surface area contributed by atoms with Crippen LogP contribution in [0.25, 0.3) is 11.1 Å². The van der Waals surface area contributed by atoms with Crippen LogP contribution in [-0.2, 0) is 9.63 Å². The maximum atomic E-state index is 12.3. The molecule has 1 aromatic heterocycles. The zero-order valence-electron chi connectivity index (χ0n) is 12.5.